The van der Waals surface area contributed by atoms with Gasteiger partial charge < -0.3 is 15.5 Å². The van der Waals surface area contributed by atoms with E-state index >= 15 is 0 Å². The molecule has 0 radical (unpaired) electrons. The van der Waals surface area contributed by atoms with Crippen LogP contribution in [-0.2, 0) is 0 Å². The van der Waals surface area contributed by atoms with E-state index in [1.807, 2.05) is 6.92 Å². The lowest BCUT2D eigenvalue weighted by atomic mass is 9.98. The first-order valence-corrected chi connectivity index (χ1v) is 9.57. The van der Waals surface area contributed by atoms with E-state index in [1.54, 1.807) is 24.3 Å². The van der Waals surface area contributed by atoms with Crippen molar-refractivity contribution >= 4 is 29.0 Å². The summed E-state index contributed by atoms with van der Waals surface area (Å²) >= 11 is 5.86. The summed E-state index contributed by atoms with van der Waals surface area (Å²) in [7, 11) is 0. The van der Waals surface area contributed by atoms with Crippen molar-refractivity contribution in [3.63, 3.8) is 0 Å². The van der Waals surface area contributed by atoms with E-state index in [-0.39, 0.29) is 12.1 Å². The third-order valence-electron chi connectivity index (χ3n) is 4.99. The zero-order valence-corrected chi connectivity index (χ0v) is 16.1. The van der Waals surface area contributed by atoms with Gasteiger partial charge in [-0.15, -0.1) is 0 Å². The van der Waals surface area contributed by atoms with E-state index in [2.05, 4.69) is 46.7 Å². The second-order valence-electron chi connectivity index (χ2n) is 7.09. The highest BCUT2D eigenvalue weighted by Gasteiger charge is 2.16. The van der Waals surface area contributed by atoms with Gasteiger partial charge in [-0.3, -0.25) is 0 Å². The molecule has 4 nitrogen and oxygen atoms in total. The van der Waals surface area contributed by atoms with E-state index in [0.717, 1.165) is 24.6 Å². The van der Waals surface area contributed by atoms with Gasteiger partial charge >= 0.3 is 6.03 Å². The number of nitrogens with zero attached hydrogens (tertiary/aromatic N) is 1. The summed E-state index contributed by atoms with van der Waals surface area (Å²) in [5.41, 5.74) is 3.07. The summed E-state index contributed by atoms with van der Waals surface area (Å²) in [6.07, 6.45) is 2.51. The van der Waals surface area contributed by atoms with Crippen molar-refractivity contribution in [3.05, 3.63) is 59.1 Å². The molecular formula is C21H26ClN3O. The van der Waals surface area contributed by atoms with E-state index in [1.165, 1.54) is 18.5 Å². The number of urea groups is 1. The summed E-state index contributed by atoms with van der Waals surface area (Å²) in [6.45, 7) is 6.55. The lowest BCUT2D eigenvalue weighted by molar-refractivity contribution is 0.249. The van der Waals surface area contributed by atoms with Crippen LogP contribution in [0.5, 0.6) is 0 Å². The van der Waals surface area contributed by atoms with Crippen LogP contribution in [0.1, 0.15) is 38.3 Å². The molecule has 1 saturated heterocycles. The van der Waals surface area contributed by atoms with Crippen LogP contribution < -0.4 is 15.5 Å². The normalized spacial score (nSPS) is 16.2. The van der Waals surface area contributed by atoms with Crippen molar-refractivity contribution in [3.8, 4) is 0 Å². The highest BCUT2D eigenvalue weighted by molar-refractivity contribution is 6.30. The minimum atomic E-state index is -0.228. The van der Waals surface area contributed by atoms with E-state index in [4.69, 9.17) is 11.6 Å². The highest BCUT2D eigenvalue weighted by atomic mass is 35.5. The number of hydrogen-bond acceptors (Lipinski definition) is 2. The number of carbonyl (C=O) groups is 1. The van der Waals surface area contributed by atoms with Crippen molar-refractivity contribution in [2.75, 3.05) is 23.3 Å². The van der Waals surface area contributed by atoms with Gasteiger partial charge in [0.15, 0.2) is 0 Å². The Hall–Kier alpha value is -2.20. The zero-order chi connectivity index (χ0) is 18.5. The predicted octanol–water partition coefficient (Wildman–Crippen LogP) is 5.46. The molecule has 5 heteroatoms. The summed E-state index contributed by atoms with van der Waals surface area (Å²) in [5, 5.41) is 6.43. The third kappa shape index (κ3) is 4.92. The molecule has 0 unspecified atom stereocenters. The number of benzene rings is 2. The molecule has 138 valence electrons. The Morgan fingerprint density at radius 1 is 1.08 bits per heavy atom. The topological polar surface area (TPSA) is 44.4 Å². The molecule has 1 aliphatic rings. The second-order valence-corrected chi connectivity index (χ2v) is 7.52. The summed E-state index contributed by atoms with van der Waals surface area (Å²) in [6, 6.07) is 15.3. The molecule has 1 heterocycles. The van der Waals surface area contributed by atoms with Crippen molar-refractivity contribution in [2.24, 2.45) is 5.92 Å². The number of halogens is 1. The first-order chi connectivity index (χ1) is 12.5. The molecule has 0 spiro atoms. The fourth-order valence-electron chi connectivity index (χ4n) is 3.22. The van der Waals surface area contributed by atoms with Crippen molar-refractivity contribution < 1.29 is 4.79 Å². The number of anilines is 2. The van der Waals surface area contributed by atoms with Crippen LogP contribution in [0, 0.1) is 5.92 Å². The molecule has 0 aromatic heterocycles. The average Bonchev–Trinajstić information content (AvgIpc) is 2.64. The predicted molar refractivity (Wildman–Crippen MR) is 109 cm³/mol. The Kier molecular flexibility index (Phi) is 6.04. The van der Waals surface area contributed by atoms with Gasteiger partial charge in [-0.05, 0) is 67.6 Å². The largest absolute Gasteiger partial charge is 0.372 e. The molecule has 1 fully saturated rings. The molecule has 0 bridgehead atoms. The first-order valence-electron chi connectivity index (χ1n) is 9.19. The Labute approximate surface area is 160 Å². The number of carbonyl (C=O) groups excluding carboxylic acids is 1. The molecule has 2 aromatic carbocycles. The molecule has 26 heavy (non-hydrogen) atoms. The summed E-state index contributed by atoms with van der Waals surface area (Å²) in [5.74, 6) is 0.828. The number of piperidine rings is 1. The third-order valence-corrected chi connectivity index (χ3v) is 5.24. The second kappa shape index (κ2) is 8.45. The van der Waals surface area contributed by atoms with Crippen molar-refractivity contribution in [2.45, 2.75) is 32.7 Å². The SMILES string of the molecule is CC1CCN(c2ccc([C@H](C)NC(=O)Nc3ccc(Cl)cc3)cc2)CC1. The fourth-order valence-corrected chi connectivity index (χ4v) is 3.35. The van der Waals surface area contributed by atoms with Crippen LogP contribution >= 0.6 is 11.6 Å². The lowest BCUT2D eigenvalue weighted by Crippen LogP contribution is -2.33. The van der Waals surface area contributed by atoms with Gasteiger partial charge in [0.1, 0.15) is 0 Å². The lowest BCUT2D eigenvalue weighted by Gasteiger charge is -2.32. The van der Waals surface area contributed by atoms with Crippen LogP contribution in [-0.4, -0.2) is 19.1 Å². The molecule has 3 rings (SSSR count). The first kappa shape index (κ1) is 18.6. The van der Waals surface area contributed by atoms with Gasteiger partial charge in [0.2, 0.25) is 0 Å². The maximum Gasteiger partial charge on any atom is 0.319 e. The van der Waals surface area contributed by atoms with Crippen molar-refractivity contribution in [1.82, 2.24) is 5.32 Å². The molecule has 2 amide bonds. The maximum atomic E-state index is 12.2. The number of nitrogens with one attached hydrogen (secondary N) is 2. The minimum absolute atomic E-state index is 0.0715. The standard InChI is InChI=1S/C21H26ClN3O/c1-15-11-13-25(14-12-15)20-9-3-17(4-10-20)16(2)23-21(26)24-19-7-5-18(22)6-8-19/h3-10,15-16H,11-14H2,1-2H3,(H2,23,24,26)/t16-/m0/s1. The highest BCUT2D eigenvalue weighted by Crippen LogP contribution is 2.24. The van der Waals surface area contributed by atoms with Crippen LogP contribution in [0.4, 0.5) is 16.2 Å². The molecule has 2 N–H and O–H groups in total. The molecule has 1 atom stereocenters. The number of rotatable bonds is 4. The Balaban J connectivity index is 1.54. The van der Waals surface area contributed by atoms with E-state index < -0.39 is 0 Å². The summed E-state index contributed by atoms with van der Waals surface area (Å²) < 4.78 is 0. The van der Waals surface area contributed by atoms with Gasteiger partial charge in [-0.1, -0.05) is 30.7 Å². The van der Waals surface area contributed by atoms with Gasteiger partial charge in [0.25, 0.3) is 0 Å². The molecule has 1 aliphatic heterocycles. The zero-order valence-electron chi connectivity index (χ0n) is 15.3. The van der Waals surface area contributed by atoms with Gasteiger partial charge in [-0.25, -0.2) is 4.79 Å². The Morgan fingerprint density at radius 3 is 2.31 bits per heavy atom. The Bertz CT molecular complexity index is 722. The van der Waals surface area contributed by atoms with E-state index in [9.17, 15) is 4.79 Å². The quantitative estimate of drug-likeness (QED) is 0.749. The van der Waals surface area contributed by atoms with Gasteiger partial charge in [0, 0.05) is 29.5 Å². The van der Waals surface area contributed by atoms with Crippen LogP contribution in [0.15, 0.2) is 48.5 Å². The Morgan fingerprint density at radius 2 is 1.69 bits per heavy atom. The minimum Gasteiger partial charge on any atom is -0.372 e. The van der Waals surface area contributed by atoms with Crippen LogP contribution in [0.25, 0.3) is 0 Å². The summed E-state index contributed by atoms with van der Waals surface area (Å²) in [4.78, 5) is 14.6. The van der Waals surface area contributed by atoms with Crippen molar-refractivity contribution in [1.29, 1.82) is 0 Å². The van der Waals surface area contributed by atoms with Crippen LogP contribution in [0.2, 0.25) is 5.02 Å². The van der Waals surface area contributed by atoms with E-state index in [0.29, 0.717) is 10.7 Å². The average molecular weight is 372 g/mol. The molecular weight excluding hydrogens is 346 g/mol. The fraction of sp³-hybridized carbons (Fsp3) is 0.381. The van der Waals surface area contributed by atoms with Crippen LogP contribution in [0.3, 0.4) is 0 Å². The maximum absolute atomic E-state index is 12.2. The molecule has 0 saturated carbocycles. The monoisotopic (exact) mass is 371 g/mol. The molecule has 2 aromatic rings. The number of amides is 2. The van der Waals surface area contributed by atoms with Gasteiger partial charge in [-0.2, -0.15) is 0 Å². The van der Waals surface area contributed by atoms with Gasteiger partial charge in [0.05, 0.1) is 6.04 Å². The number of hydrogen-bond donors (Lipinski definition) is 2. The smallest absolute Gasteiger partial charge is 0.319 e. The molecule has 0 aliphatic carbocycles.